The van der Waals surface area contributed by atoms with E-state index in [-0.39, 0.29) is 17.8 Å². The second kappa shape index (κ2) is 3.80. The van der Waals surface area contributed by atoms with E-state index in [0.717, 1.165) is 6.42 Å². The van der Waals surface area contributed by atoms with Crippen molar-refractivity contribution in [2.45, 2.75) is 20.3 Å². The molecule has 6 heteroatoms. The molecule has 1 heterocycles. The quantitative estimate of drug-likeness (QED) is 0.676. The normalized spacial score (nSPS) is 12.5. The van der Waals surface area contributed by atoms with Crippen molar-refractivity contribution in [2.24, 2.45) is 5.92 Å². The average Bonchev–Trinajstić information content (AvgIpc) is 2.55. The molecule has 0 bridgehead atoms. The number of anilines is 1. The number of aromatic nitrogens is 4. The van der Waals surface area contributed by atoms with Crippen molar-refractivity contribution in [3.05, 3.63) is 0 Å². The summed E-state index contributed by atoms with van der Waals surface area (Å²) in [6, 6.07) is 0. The lowest BCUT2D eigenvalue weighted by Gasteiger charge is -2.05. The highest BCUT2D eigenvalue weighted by molar-refractivity contribution is 5.90. The molecule has 0 spiro atoms. The maximum atomic E-state index is 11.2. The fourth-order valence-electron chi connectivity index (χ4n) is 0.634. The minimum Gasteiger partial charge on any atom is -0.292 e. The van der Waals surface area contributed by atoms with E-state index in [1.807, 2.05) is 13.8 Å². The Morgan fingerprint density at radius 3 is 3.00 bits per heavy atom. The molecule has 0 aliphatic carbocycles. The second-order valence-corrected chi connectivity index (χ2v) is 2.53. The summed E-state index contributed by atoms with van der Waals surface area (Å²) in [6.45, 7) is 3.79. The van der Waals surface area contributed by atoms with E-state index < -0.39 is 0 Å². The van der Waals surface area contributed by atoms with Gasteiger partial charge in [0.2, 0.25) is 5.91 Å². The molecule has 1 atom stereocenters. The Morgan fingerprint density at radius 1 is 1.75 bits per heavy atom. The van der Waals surface area contributed by atoms with Crippen LogP contribution in [-0.4, -0.2) is 26.5 Å². The number of nitrogens with zero attached hydrogens (tertiary/aromatic N) is 3. The molecule has 6 nitrogen and oxygen atoms in total. The van der Waals surface area contributed by atoms with Gasteiger partial charge in [-0.1, -0.05) is 18.9 Å². The summed E-state index contributed by atoms with van der Waals surface area (Å²) in [7, 11) is 0. The van der Waals surface area contributed by atoms with Crippen molar-refractivity contribution in [1.29, 1.82) is 0 Å². The molecule has 1 amide bonds. The Labute approximate surface area is 69.7 Å². The van der Waals surface area contributed by atoms with E-state index in [0.29, 0.717) is 0 Å². The number of rotatable bonds is 3. The fourth-order valence-corrected chi connectivity index (χ4v) is 0.634. The van der Waals surface area contributed by atoms with Gasteiger partial charge in [0.05, 0.1) is 0 Å². The number of carbonyl (C=O) groups excluding carboxylic acids is 1. The van der Waals surface area contributed by atoms with E-state index in [2.05, 4.69) is 25.9 Å². The zero-order valence-electron chi connectivity index (χ0n) is 7.03. The summed E-state index contributed by atoms with van der Waals surface area (Å²) in [6.07, 6.45) is 0.795. The van der Waals surface area contributed by atoms with Gasteiger partial charge in [-0.05, 0) is 11.6 Å². The van der Waals surface area contributed by atoms with E-state index >= 15 is 0 Å². The summed E-state index contributed by atoms with van der Waals surface area (Å²) < 4.78 is 0. The monoisotopic (exact) mass is 169 g/mol. The van der Waals surface area contributed by atoms with Crippen LogP contribution in [0.15, 0.2) is 0 Å². The maximum absolute atomic E-state index is 11.2. The van der Waals surface area contributed by atoms with Crippen LogP contribution in [0, 0.1) is 5.92 Å². The number of tetrazole rings is 1. The Balaban J connectivity index is 2.47. The molecule has 0 saturated heterocycles. The smallest absolute Gasteiger partial charge is 0.269 e. The molecule has 66 valence electrons. The molecule has 2 N–H and O–H groups in total. The van der Waals surface area contributed by atoms with Gasteiger partial charge in [0.1, 0.15) is 0 Å². The highest BCUT2D eigenvalue weighted by atomic mass is 16.2. The van der Waals surface area contributed by atoms with Crippen LogP contribution in [0.4, 0.5) is 5.95 Å². The highest BCUT2D eigenvalue weighted by Crippen LogP contribution is 2.03. The molecule has 0 saturated carbocycles. The molecule has 1 aromatic rings. The summed E-state index contributed by atoms with van der Waals surface area (Å²) in [4.78, 5) is 11.2. The first-order chi connectivity index (χ1) is 5.74. The van der Waals surface area contributed by atoms with Crippen LogP contribution in [0.3, 0.4) is 0 Å². The van der Waals surface area contributed by atoms with Gasteiger partial charge in [0.15, 0.2) is 0 Å². The van der Waals surface area contributed by atoms with E-state index in [1.165, 1.54) is 0 Å². The number of carbonyl (C=O) groups is 1. The van der Waals surface area contributed by atoms with Gasteiger partial charge in [0.25, 0.3) is 5.95 Å². The lowest BCUT2D eigenvalue weighted by Crippen LogP contribution is -2.20. The molecule has 12 heavy (non-hydrogen) atoms. The van der Waals surface area contributed by atoms with E-state index in [1.54, 1.807) is 0 Å². The van der Waals surface area contributed by atoms with Gasteiger partial charge >= 0.3 is 0 Å². The van der Waals surface area contributed by atoms with Crippen molar-refractivity contribution in [3.63, 3.8) is 0 Å². The SMILES string of the molecule is CCC(C)C(=O)Nc1nn[nH]n1. The standard InChI is InChI=1S/C6H11N5O/c1-3-4(2)5(12)7-6-8-10-11-9-6/h4H,3H2,1-2H3,(H2,7,8,9,10,11,12). The minimum atomic E-state index is -0.0844. The Hall–Kier alpha value is -1.46. The van der Waals surface area contributed by atoms with Crippen molar-refractivity contribution < 1.29 is 4.79 Å². The first kappa shape index (κ1) is 8.63. The summed E-state index contributed by atoms with van der Waals surface area (Å²) >= 11 is 0. The number of amides is 1. The number of hydrogen-bond donors (Lipinski definition) is 2. The van der Waals surface area contributed by atoms with Crippen LogP contribution in [0.5, 0.6) is 0 Å². The summed E-state index contributed by atoms with van der Waals surface area (Å²) in [5.74, 6) is 0.114. The highest BCUT2D eigenvalue weighted by Gasteiger charge is 2.11. The van der Waals surface area contributed by atoms with Crippen LogP contribution in [-0.2, 0) is 4.79 Å². The van der Waals surface area contributed by atoms with Crippen molar-refractivity contribution in [2.75, 3.05) is 5.32 Å². The first-order valence-electron chi connectivity index (χ1n) is 3.78. The zero-order chi connectivity index (χ0) is 8.97. The van der Waals surface area contributed by atoms with Crippen molar-refractivity contribution in [1.82, 2.24) is 20.6 Å². The third-order valence-corrected chi connectivity index (χ3v) is 1.64. The van der Waals surface area contributed by atoms with E-state index in [9.17, 15) is 4.79 Å². The summed E-state index contributed by atoms with van der Waals surface area (Å²) in [5, 5.41) is 15.3. The fraction of sp³-hybridized carbons (Fsp3) is 0.667. The van der Waals surface area contributed by atoms with Crippen LogP contribution in [0.2, 0.25) is 0 Å². The van der Waals surface area contributed by atoms with Gasteiger partial charge in [-0.15, -0.1) is 5.10 Å². The van der Waals surface area contributed by atoms with Gasteiger partial charge in [-0.25, -0.2) is 0 Å². The third kappa shape index (κ3) is 2.01. The van der Waals surface area contributed by atoms with Crippen LogP contribution in [0.1, 0.15) is 20.3 Å². The van der Waals surface area contributed by atoms with Gasteiger partial charge in [-0.3, -0.25) is 10.1 Å². The lowest BCUT2D eigenvalue weighted by molar-refractivity contribution is -0.119. The van der Waals surface area contributed by atoms with E-state index in [4.69, 9.17) is 0 Å². The predicted molar refractivity (Wildman–Crippen MR) is 42.3 cm³/mol. The lowest BCUT2D eigenvalue weighted by atomic mass is 10.1. The Kier molecular flexibility index (Phi) is 2.73. The largest absolute Gasteiger partial charge is 0.292 e. The molecule has 0 aliphatic rings. The van der Waals surface area contributed by atoms with Crippen LogP contribution in [0.25, 0.3) is 0 Å². The molecule has 1 unspecified atom stereocenters. The van der Waals surface area contributed by atoms with Gasteiger partial charge < -0.3 is 0 Å². The molecule has 0 aromatic carbocycles. The molecule has 0 radical (unpaired) electrons. The molecular weight excluding hydrogens is 158 g/mol. The zero-order valence-corrected chi connectivity index (χ0v) is 7.03. The molecule has 0 fully saturated rings. The van der Waals surface area contributed by atoms with Crippen LogP contribution < -0.4 is 5.32 Å². The number of nitrogens with one attached hydrogen (secondary N) is 2. The molecule has 0 aliphatic heterocycles. The number of hydrogen-bond acceptors (Lipinski definition) is 4. The Bertz CT molecular complexity index is 244. The van der Waals surface area contributed by atoms with Crippen molar-refractivity contribution >= 4 is 11.9 Å². The minimum absolute atomic E-state index is 0.0245. The molecular formula is C6H11N5O. The molecule has 1 rings (SSSR count). The number of aromatic amines is 1. The van der Waals surface area contributed by atoms with Crippen molar-refractivity contribution in [3.8, 4) is 0 Å². The Morgan fingerprint density at radius 2 is 2.50 bits per heavy atom. The first-order valence-corrected chi connectivity index (χ1v) is 3.78. The number of H-pyrrole nitrogens is 1. The third-order valence-electron chi connectivity index (χ3n) is 1.64. The van der Waals surface area contributed by atoms with Gasteiger partial charge in [-0.2, -0.15) is 5.21 Å². The average molecular weight is 169 g/mol. The molecule has 1 aromatic heterocycles. The second-order valence-electron chi connectivity index (χ2n) is 2.53. The topological polar surface area (TPSA) is 83.6 Å². The maximum Gasteiger partial charge on any atom is 0.269 e. The predicted octanol–water partition coefficient (Wildman–Crippen LogP) is 0.184. The van der Waals surface area contributed by atoms with Crippen LogP contribution >= 0.6 is 0 Å². The summed E-state index contributed by atoms with van der Waals surface area (Å²) in [5.41, 5.74) is 0. The van der Waals surface area contributed by atoms with Gasteiger partial charge in [0, 0.05) is 5.92 Å².